The predicted molar refractivity (Wildman–Crippen MR) is 104 cm³/mol. The highest BCUT2D eigenvalue weighted by molar-refractivity contribution is 5.75. The highest BCUT2D eigenvalue weighted by Crippen LogP contribution is 2.25. The molecule has 1 saturated heterocycles. The van der Waals surface area contributed by atoms with Crippen LogP contribution in [0.3, 0.4) is 0 Å². The second kappa shape index (κ2) is 21.7. The average molecular weight is 351 g/mol. The minimum Gasteiger partial charge on any atom is -0.483 e. The molecule has 7 nitrogen and oxygen atoms in total. The van der Waals surface area contributed by atoms with E-state index in [1.54, 1.807) is 0 Å². The summed E-state index contributed by atoms with van der Waals surface area (Å²) in [6.45, 7) is 9.40. The number of hydrogen-bond donors (Lipinski definition) is 4. The van der Waals surface area contributed by atoms with E-state index < -0.39 is 0 Å². The van der Waals surface area contributed by atoms with Gasteiger partial charge in [0.15, 0.2) is 5.96 Å². The first-order valence-electron chi connectivity index (χ1n) is 8.23. The maximum absolute atomic E-state index is 8.36. The number of methoxy groups -OCH3 is 1. The Morgan fingerprint density at radius 3 is 2.17 bits per heavy atom. The SMILES string of the molecule is C.CC.CCC[C@@](C)(CC1CCCN1)OC.CN=C(N)N.O=CO. The number of guanidine groups is 1. The van der Waals surface area contributed by atoms with E-state index in [1.165, 1.54) is 39.3 Å². The summed E-state index contributed by atoms with van der Waals surface area (Å²) in [6.07, 6.45) is 6.19. The van der Waals surface area contributed by atoms with Crippen molar-refractivity contribution in [2.75, 3.05) is 20.7 Å². The number of carboxylic acid groups (broad SMARTS) is 1. The summed E-state index contributed by atoms with van der Waals surface area (Å²) in [7, 11) is 3.37. The van der Waals surface area contributed by atoms with Crippen LogP contribution < -0.4 is 16.8 Å². The third kappa shape index (κ3) is 20.7. The fourth-order valence-electron chi connectivity index (χ4n) is 2.27. The van der Waals surface area contributed by atoms with Gasteiger partial charge < -0.3 is 26.6 Å². The number of rotatable bonds is 5. The van der Waals surface area contributed by atoms with Gasteiger partial charge in [0.1, 0.15) is 0 Å². The second-order valence-corrected chi connectivity index (χ2v) is 5.16. The van der Waals surface area contributed by atoms with Crippen LogP contribution in [-0.4, -0.2) is 49.9 Å². The molecule has 148 valence electrons. The molecule has 1 unspecified atom stereocenters. The lowest BCUT2D eigenvalue weighted by atomic mass is 9.91. The van der Waals surface area contributed by atoms with Crippen LogP contribution in [-0.2, 0) is 9.53 Å². The molecular weight excluding hydrogens is 308 g/mol. The lowest BCUT2D eigenvalue weighted by Gasteiger charge is -2.30. The highest BCUT2D eigenvalue weighted by atomic mass is 16.5. The summed E-state index contributed by atoms with van der Waals surface area (Å²) >= 11 is 0. The van der Waals surface area contributed by atoms with Crippen molar-refractivity contribution in [1.82, 2.24) is 5.32 Å². The topological polar surface area (TPSA) is 123 Å². The summed E-state index contributed by atoms with van der Waals surface area (Å²) in [4.78, 5) is 11.7. The van der Waals surface area contributed by atoms with Gasteiger partial charge in [0.25, 0.3) is 6.47 Å². The highest BCUT2D eigenvalue weighted by Gasteiger charge is 2.28. The number of ether oxygens (including phenoxy) is 1. The van der Waals surface area contributed by atoms with Crippen molar-refractivity contribution in [2.45, 2.75) is 78.9 Å². The van der Waals surface area contributed by atoms with Crippen LogP contribution in [0.4, 0.5) is 0 Å². The standard InChI is InChI=1S/C11H23NO.C2H7N3.C2H6.CH2O2.CH4/c1-4-7-11(2,13-3)9-10-6-5-8-12-10;1-5-2(3)4;1-2;2-1-3;/h10,12H,4-9H2,1-3H3;1H3,(H4,3,4,5);1-2H3;1H,(H,2,3);1H4/t10?,11-;;;;/m0..../s1. The van der Waals surface area contributed by atoms with E-state index in [0.717, 1.165) is 6.42 Å². The van der Waals surface area contributed by atoms with Crippen LogP contribution in [0.15, 0.2) is 4.99 Å². The monoisotopic (exact) mass is 350 g/mol. The van der Waals surface area contributed by atoms with Crippen LogP contribution in [0.25, 0.3) is 0 Å². The van der Waals surface area contributed by atoms with E-state index in [2.05, 4.69) is 24.2 Å². The van der Waals surface area contributed by atoms with E-state index in [9.17, 15) is 0 Å². The Morgan fingerprint density at radius 1 is 1.46 bits per heavy atom. The Morgan fingerprint density at radius 2 is 1.92 bits per heavy atom. The van der Waals surface area contributed by atoms with Crippen molar-refractivity contribution in [2.24, 2.45) is 16.5 Å². The molecule has 0 bridgehead atoms. The van der Waals surface area contributed by atoms with Crippen LogP contribution in [0, 0.1) is 0 Å². The molecule has 1 aliphatic rings. The van der Waals surface area contributed by atoms with Gasteiger partial charge in [0.05, 0.1) is 5.60 Å². The minimum absolute atomic E-state index is 0. The number of hydrogen-bond acceptors (Lipinski definition) is 4. The smallest absolute Gasteiger partial charge is 0.290 e. The molecule has 0 radical (unpaired) electrons. The zero-order valence-electron chi connectivity index (χ0n) is 15.8. The molecule has 0 aromatic heterocycles. The number of nitrogens with one attached hydrogen (secondary N) is 1. The van der Waals surface area contributed by atoms with Gasteiger partial charge in [-0.05, 0) is 39.2 Å². The summed E-state index contributed by atoms with van der Waals surface area (Å²) in [5.41, 5.74) is 9.73. The van der Waals surface area contributed by atoms with Gasteiger partial charge in [-0.2, -0.15) is 0 Å². The van der Waals surface area contributed by atoms with Gasteiger partial charge in [-0.15, -0.1) is 0 Å². The molecule has 0 aromatic rings. The first-order valence-corrected chi connectivity index (χ1v) is 8.23. The fraction of sp³-hybridized carbons (Fsp3) is 0.882. The number of carbonyl (C=O) groups is 1. The van der Waals surface area contributed by atoms with Crippen molar-refractivity contribution < 1.29 is 14.6 Å². The van der Waals surface area contributed by atoms with Gasteiger partial charge in [-0.1, -0.05) is 34.6 Å². The summed E-state index contributed by atoms with van der Waals surface area (Å²) < 4.78 is 5.60. The molecule has 6 N–H and O–H groups in total. The fourth-order valence-corrected chi connectivity index (χ4v) is 2.27. The Labute approximate surface area is 149 Å². The molecule has 24 heavy (non-hydrogen) atoms. The molecule has 7 heteroatoms. The molecule has 1 fully saturated rings. The molecule has 0 aliphatic carbocycles. The van der Waals surface area contributed by atoms with E-state index in [0.29, 0.717) is 6.04 Å². The third-order valence-electron chi connectivity index (χ3n) is 3.37. The van der Waals surface area contributed by atoms with Crippen molar-refractivity contribution in [3.8, 4) is 0 Å². The van der Waals surface area contributed by atoms with Crippen LogP contribution >= 0.6 is 0 Å². The molecular formula is C17H42N4O3. The number of nitrogens with two attached hydrogens (primary N) is 2. The minimum atomic E-state index is -0.250. The quantitative estimate of drug-likeness (QED) is 0.343. The molecule has 2 atom stereocenters. The van der Waals surface area contributed by atoms with Crippen LogP contribution in [0.1, 0.15) is 67.2 Å². The van der Waals surface area contributed by atoms with E-state index >= 15 is 0 Å². The van der Waals surface area contributed by atoms with Gasteiger partial charge in [-0.25, -0.2) is 0 Å². The molecule has 0 amide bonds. The third-order valence-corrected chi connectivity index (χ3v) is 3.37. The first-order chi connectivity index (χ1) is 10.9. The summed E-state index contributed by atoms with van der Waals surface area (Å²) in [6, 6.07) is 0.691. The van der Waals surface area contributed by atoms with E-state index in [4.69, 9.17) is 26.1 Å². The van der Waals surface area contributed by atoms with Crippen LogP contribution in [0.2, 0.25) is 0 Å². The zero-order valence-corrected chi connectivity index (χ0v) is 15.8. The van der Waals surface area contributed by atoms with Gasteiger partial charge in [0, 0.05) is 20.2 Å². The van der Waals surface area contributed by atoms with Crippen molar-refractivity contribution in [3.63, 3.8) is 0 Å². The second-order valence-electron chi connectivity index (χ2n) is 5.16. The normalized spacial score (nSPS) is 17.0. The molecule has 1 aliphatic heterocycles. The van der Waals surface area contributed by atoms with Gasteiger partial charge in [0.2, 0.25) is 0 Å². The maximum Gasteiger partial charge on any atom is 0.290 e. The molecule has 1 rings (SSSR count). The zero-order chi connectivity index (χ0) is 18.7. The maximum atomic E-state index is 8.36. The molecule has 0 aromatic carbocycles. The van der Waals surface area contributed by atoms with E-state index in [1.807, 2.05) is 21.0 Å². The molecule has 0 saturated carbocycles. The van der Waals surface area contributed by atoms with Crippen molar-refractivity contribution in [3.05, 3.63) is 0 Å². The summed E-state index contributed by atoms with van der Waals surface area (Å²) in [5, 5.41) is 10.4. The Bertz CT molecular complexity index is 279. The molecule has 1 heterocycles. The number of nitrogens with zero attached hydrogens (tertiary/aromatic N) is 1. The largest absolute Gasteiger partial charge is 0.483 e. The molecule has 0 spiro atoms. The van der Waals surface area contributed by atoms with Crippen LogP contribution in [0.5, 0.6) is 0 Å². The van der Waals surface area contributed by atoms with E-state index in [-0.39, 0.29) is 25.5 Å². The van der Waals surface area contributed by atoms with Gasteiger partial charge in [-0.3, -0.25) is 9.79 Å². The Kier molecular flexibility index (Phi) is 27.6. The Hall–Kier alpha value is -1.34. The lowest BCUT2D eigenvalue weighted by molar-refractivity contribution is -0.122. The van der Waals surface area contributed by atoms with Gasteiger partial charge >= 0.3 is 0 Å². The van der Waals surface area contributed by atoms with Crippen molar-refractivity contribution in [1.29, 1.82) is 0 Å². The Balaban J connectivity index is -0.000000153. The average Bonchev–Trinajstić information content (AvgIpc) is 3.03. The van der Waals surface area contributed by atoms with Crippen molar-refractivity contribution >= 4 is 12.4 Å². The lowest BCUT2D eigenvalue weighted by Crippen LogP contribution is -2.36. The predicted octanol–water partition coefficient (Wildman–Crippen LogP) is 2.59. The summed E-state index contributed by atoms with van der Waals surface area (Å²) in [5.74, 6) is 0.130. The number of aliphatic imine (C=N–C) groups is 1. The first kappa shape index (κ1) is 30.5.